The second-order valence-corrected chi connectivity index (χ2v) is 18.6. The lowest BCUT2D eigenvalue weighted by atomic mass is 9.90. The van der Waals surface area contributed by atoms with Gasteiger partial charge in [0.15, 0.2) is 5.78 Å². The fourth-order valence-electron chi connectivity index (χ4n) is 7.13. The summed E-state index contributed by atoms with van der Waals surface area (Å²) in [5, 5.41) is 1.08. The third-order valence-electron chi connectivity index (χ3n) is 9.87. The zero-order valence-corrected chi connectivity index (χ0v) is 32.4. The fraction of sp³-hybridized carbons (Fsp3) is 0.615. The van der Waals surface area contributed by atoms with Gasteiger partial charge in [-0.25, -0.2) is 13.4 Å². The van der Waals surface area contributed by atoms with Crippen LogP contribution in [0.4, 0.5) is 0 Å². The third kappa shape index (κ3) is 9.20. The number of likely N-dealkylation sites (tertiary alicyclic amines) is 1. The predicted octanol–water partition coefficient (Wildman–Crippen LogP) is 5.20. The van der Waals surface area contributed by atoms with E-state index in [4.69, 9.17) is 14.2 Å². The summed E-state index contributed by atoms with van der Waals surface area (Å²) in [6.07, 6.45) is 2.53. The summed E-state index contributed by atoms with van der Waals surface area (Å²) < 4.78 is 45.9. The van der Waals surface area contributed by atoms with Crippen LogP contribution < -0.4 is 9.46 Å². The first-order valence-electron chi connectivity index (χ1n) is 18.1. The number of sulfonamides is 1. The Balaban J connectivity index is 1.46. The van der Waals surface area contributed by atoms with Gasteiger partial charge in [0.2, 0.25) is 27.7 Å². The molecule has 1 saturated heterocycles. The number of carbonyl (C=O) groups excluding carboxylic acids is 4. The minimum atomic E-state index is -3.86. The van der Waals surface area contributed by atoms with Crippen LogP contribution >= 0.6 is 0 Å². The van der Waals surface area contributed by atoms with Crippen LogP contribution in [0.1, 0.15) is 92.6 Å². The highest BCUT2D eigenvalue weighted by Gasteiger charge is 2.61. The number of Topliss-reactive ketones (excluding diaryl/α,β-unsaturated/α-hetero) is 1. The minimum absolute atomic E-state index is 0.00632. The minimum Gasteiger partial charge on any atom is -0.472 e. The quantitative estimate of drug-likeness (QED) is 0.202. The number of rotatable bonds is 14. The molecule has 1 aliphatic heterocycles. The van der Waals surface area contributed by atoms with Gasteiger partial charge >= 0.3 is 5.97 Å². The lowest BCUT2D eigenvalue weighted by molar-refractivity contribution is -0.165. The number of hydrogen-bond donors (Lipinski definition) is 1. The topological polar surface area (TPSA) is 158 Å². The highest BCUT2D eigenvalue weighted by atomic mass is 32.2. The molecule has 1 aromatic heterocycles. The maximum Gasteiger partial charge on any atom is 0.307 e. The maximum absolute atomic E-state index is 14.7. The number of benzene rings is 1. The van der Waals surface area contributed by atoms with E-state index in [1.165, 1.54) is 4.90 Å². The Kier molecular flexibility index (Phi) is 11.0. The molecule has 0 unspecified atom stereocenters. The molecule has 2 heterocycles. The molecule has 284 valence electrons. The number of esters is 1. The number of hydrogen-bond acceptors (Lipinski definition) is 10. The predicted molar refractivity (Wildman–Crippen MR) is 196 cm³/mol. The largest absolute Gasteiger partial charge is 0.472 e. The van der Waals surface area contributed by atoms with Gasteiger partial charge in [-0.05, 0) is 98.1 Å². The van der Waals surface area contributed by atoms with Crippen LogP contribution in [0.15, 0.2) is 43.1 Å². The van der Waals surface area contributed by atoms with Gasteiger partial charge in [-0.2, -0.15) is 0 Å². The molecular weight excluding hydrogens is 687 g/mol. The molecule has 12 nitrogen and oxygen atoms in total. The number of ether oxygens (including phenoxy) is 3. The van der Waals surface area contributed by atoms with Gasteiger partial charge in [0.05, 0.1) is 47.3 Å². The molecule has 13 heteroatoms. The number of aryl methyl sites for hydroxylation is 1. The Labute approximate surface area is 307 Å². The number of ketones is 1. The van der Waals surface area contributed by atoms with E-state index in [1.807, 2.05) is 52.0 Å². The number of nitrogens with one attached hydrogen (secondary N) is 1. The SMILES string of the molecule is C=C[C@@H]1C[C@]1(CC(=O)[C@@H]1C[C@@H](Oc2nccc3cc(C)ccc23)CN1C(=O)[C@@H](CC(=O)OC(C)(C)C)[C@@H](C)OC(C)(C)C)C(=O)NS(=O)(=O)C1CC1. The highest BCUT2D eigenvalue weighted by molar-refractivity contribution is 7.90. The van der Waals surface area contributed by atoms with Gasteiger partial charge in [-0.3, -0.25) is 23.9 Å². The van der Waals surface area contributed by atoms with Crippen LogP contribution in [-0.4, -0.2) is 83.1 Å². The maximum atomic E-state index is 14.7. The van der Waals surface area contributed by atoms with Crippen LogP contribution in [0.25, 0.3) is 10.8 Å². The third-order valence-corrected chi connectivity index (χ3v) is 11.7. The monoisotopic (exact) mass is 739 g/mol. The molecule has 1 N–H and O–H groups in total. The lowest BCUT2D eigenvalue weighted by Gasteiger charge is -2.34. The Morgan fingerprint density at radius 1 is 1.10 bits per heavy atom. The molecule has 3 fully saturated rings. The number of nitrogens with zero attached hydrogens (tertiary/aromatic N) is 2. The second kappa shape index (κ2) is 14.5. The Morgan fingerprint density at radius 3 is 2.38 bits per heavy atom. The van der Waals surface area contributed by atoms with E-state index in [2.05, 4.69) is 16.3 Å². The fourth-order valence-corrected chi connectivity index (χ4v) is 8.52. The van der Waals surface area contributed by atoms with Crippen LogP contribution in [0.3, 0.4) is 0 Å². The first kappa shape index (κ1) is 39.4. The molecular formula is C39H53N3O9S. The van der Waals surface area contributed by atoms with Crippen molar-refractivity contribution in [2.45, 2.75) is 129 Å². The molecule has 2 aliphatic carbocycles. The van der Waals surface area contributed by atoms with Gasteiger partial charge in [-0.1, -0.05) is 23.8 Å². The Bertz CT molecular complexity index is 1840. The molecule has 3 aliphatic rings. The molecule has 1 aromatic carbocycles. The molecule has 0 bridgehead atoms. The van der Waals surface area contributed by atoms with Gasteiger partial charge in [-0.15, -0.1) is 6.58 Å². The normalized spacial score (nSPS) is 24.5. The van der Waals surface area contributed by atoms with E-state index in [9.17, 15) is 27.6 Å². The standard InChI is InChI=1S/C39H53N3O9S/c1-10-26-20-39(26,36(46)41-52(47,48)28-12-13-28)21-32(43)31-18-27(49-34-29-14-11-23(2)17-25(29)15-16-40-34)22-42(31)35(45)30(24(3)50-37(4,5)6)19-33(44)51-38(7,8)9/h10-11,14-17,24,26-28,30-31H,1,12-13,18-22H2,2-9H3,(H,41,46)/t24-,26-,27-,30+,31+,39-/m1/s1. The summed E-state index contributed by atoms with van der Waals surface area (Å²) in [6, 6.07) is 6.72. The number of fused-ring (bicyclic) bond motifs is 1. The average Bonchev–Trinajstić information content (AvgIpc) is 3.94. The number of allylic oxidation sites excluding steroid dienone is 1. The van der Waals surface area contributed by atoms with E-state index >= 15 is 0 Å². The van der Waals surface area contributed by atoms with Crippen molar-refractivity contribution in [1.82, 2.24) is 14.6 Å². The summed E-state index contributed by atoms with van der Waals surface area (Å²) in [7, 11) is -3.86. The van der Waals surface area contributed by atoms with E-state index < -0.39 is 85.5 Å². The first-order chi connectivity index (χ1) is 24.1. The van der Waals surface area contributed by atoms with Crippen molar-refractivity contribution in [3.8, 4) is 5.88 Å². The molecule has 2 amide bonds. The number of amides is 2. The van der Waals surface area contributed by atoms with Gasteiger partial charge < -0.3 is 19.1 Å². The molecule has 2 aromatic rings. The van der Waals surface area contributed by atoms with E-state index in [0.29, 0.717) is 18.7 Å². The summed E-state index contributed by atoms with van der Waals surface area (Å²) in [6.45, 7) is 18.3. The van der Waals surface area contributed by atoms with Gasteiger partial charge in [0.25, 0.3) is 0 Å². The molecule has 0 spiro atoms. The van der Waals surface area contributed by atoms with E-state index in [1.54, 1.807) is 40.0 Å². The van der Waals surface area contributed by atoms with Crippen molar-refractivity contribution in [1.29, 1.82) is 0 Å². The Morgan fingerprint density at radius 2 is 1.79 bits per heavy atom. The van der Waals surface area contributed by atoms with Crippen LogP contribution in [0.5, 0.6) is 5.88 Å². The zero-order valence-electron chi connectivity index (χ0n) is 31.6. The van der Waals surface area contributed by atoms with Gasteiger partial charge in [0, 0.05) is 24.4 Å². The van der Waals surface area contributed by atoms with Crippen LogP contribution in [0, 0.1) is 24.2 Å². The Hall–Kier alpha value is -3.84. The van der Waals surface area contributed by atoms with Crippen molar-refractivity contribution in [3.63, 3.8) is 0 Å². The number of carbonyl (C=O) groups is 4. The first-order valence-corrected chi connectivity index (χ1v) is 19.6. The molecule has 0 radical (unpaired) electrons. The molecule has 5 rings (SSSR count). The van der Waals surface area contributed by atoms with Gasteiger partial charge in [0.1, 0.15) is 11.7 Å². The number of pyridine rings is 1. The summed E-state index contributed by atoms with van der Waals surface area (Å²) in [5.41, 5.74) is -1.68. The summed E-state index contributed by atoms with van der Waals surface area (Å²) in [5.74, 6) is -3.28. The smallest absolute Gasteiger partial charge is 0.307 e. The molecule has 52 heavy (non-hydrogen) atoms. The molecule has 2 saturated carbocycles. The highest BCUT2D eigenvalue weighted by Crippen LogP contribution is 2.57. The van der Waals surface area contributed by atoms with Crippen LogP contribution in [-0.2, 0) is 38.7 Å². The van der Waals surface area contributed by atoms with Crippen LogP contribution in [0.2, 0.25) is 0 Å². The average molecular weight is 740 g/mol. The summed E-state index contributed by atoms with van der Waals surface area (Å²) >= 11 is 0. The van der Waals surface area contributed by atoms with E-state index in [0.717, 1.165) is 16.3 Å². The number of aromatic nitrogens is 1. The van der Waals surface area contributed by atoms with Crippen molar-refractivity contribution in [3.05, 3.63) is 48.7 Å². The van der Waals surface area contributed by atoms with E-state index in [-0.39, 0.29) is 32.2 Å². The summed E-state index contributed by atoms with van der Waals surface area (Å²) in [4.78, 5) is 61.7. The zero-order chi connectivity index (χ0) is 38.4. The van der Waals surface area contributed by atoms with Crippen molar-refractivity contribution in [2.75, 3.05) is 6.54 Å². The second-order valence-electron chi connectivity index (χ2n) is 16.7. The molecule has 6 atom stereocenters. The van der Waals surface area contributed by atoms with Crippen molar-refractivity contribution < 1.29 is 41.8 Å². The lowest BCUT2D eigenvalue weighted by Crippen LogP contribution is -2.49. The van der Waals surface area contributed by atoms with Crippen molar-refractivity contribution >= 4 is 44.4 Å². The van der Waals surface area contributed by atoms with Crippen molar-refractivity contribution in [2.24, 2.45) is 17.3 Å².